The van der Waals surface area contributed by atoms with Crippen LogP contribution >= 0.6 is 0 Å². The summed E-state index contributed by atoms with van der Waals surface area (Å²) in [4.78, 5) is 0. The van der Waals surface area contributed by atoms with Gasteiger partial charge in [-0.05, 0) is 44.1 Å². The lowest BCUT2D eigenvalue weighted by Gasteiger charge is -2.42. The minimum atomic E-state index is 0.356. The van der Waals surface area contributed by atoms with Crippen molar-refractivity contribution in [2.45, 2.75) is 78.3 Å². The van der Waals surface area contributed by atoms with Gasteiger partial charge in [0.1, 0.15) is 0 Å². The summed E-state index contributed by atoms with van der Waals surface area (Å²) in [6.45, 7) is 14.0. The average Bonchev–Trinajstić information content (AvgIpc) is 2.33. The van der Waals surface area contributed by atoms with Crippen LogP contribution in [0, 0.1) is 5.41 Å². The molecule has 1 atom stereocenters. The highest BCUT2D eigenvalue weighted by Crippen LogP contribution is 2.30. The molecule has 0 aliphatic carbocycles. The summed E-state index contributed by atoms with van der Waals surface area (Å²) in [7, 11) is 0. The molecule has 1 rings (SSSR count). The van der Waals surface area contributed by atoms with E-state index in [2.05, 4.69) is 45.3 Å². The molecule has 1 unspecified atom stereocenters. The second-order valence-electron chi connectivity index (χ2n) is 6.32. The Morgan fingerprint density at radius 1 is 1.18 bits per heavy atom. The van der Waals surface area contributed by atoms with Crippen molar-refractivity contribution in [1.82, 2.24) is 10.6 Å². The number of rotatable bonds is 6. The zero-order chi connectivity index (χ0) is 12.9. The maximum absolute atomic E-state index is 3.85. The van der Waals surface area contributed by atoms with Crippen LogP contribution in [0.3, 0.4) is 0 Å². The lowest BCUT2D eigenvalue weighted by molar-refractivity contribution is 0.157. The van der Waals surface area contributed by atoms with Gasteiger partial charge in [0.15, 0.2) is 0 Å². The molecular formula is C15H32N2. The van der Waals surface area contributed by atoms with Crippen molar-refractivity contribution in [2.24, 2.45) is 5.41 Å². The molecule has 0 amide bonds. The standard InChI is InChI=1S/C15H32N2/c1-6-15(7-2,8-3)17-12-13-14(4,5)10-9-11-16-13/h13,16-17H,6-12H2,1-5H3. The Balaban J connectivity index is 2.53. The summed E-state index contributed by atoms with van der Waals surface area (Å²) in [5.41, 5.74) is 0.793. The van der Waals surface area contributed by atoms with Crippen molar-refractivity contribution in [1.29, 1.82) is 0 Å². The van der Waals surface area contributed by atoms with Crippen LogP contribution in [-0.4, -0.2) is 24.7 Å². The molecule has 0 saturated carbocycles. The average molecular weight is 240 g/mol. The third-order valence-electron chi connectivity index (χ3n) is 5.04. The summed E-state index contributed by atoms with van der Waals surface area (Å²) >= 11 is 0. The van der Waals surface area contributed by atoms with Crippen LogP contribution < -0.4 is 10.6 Å². The van der Waals surface area contributed by atoms with Gasteiger partial charge in [-0.2, -0.15) is 0 Å². The number of hydrogen-bond acceptors (Lipinski definition) is 2. The van der Waals surface area contributed by atoms with Crippen LogP contribution in [0.2, 0.25) is 0 Å². The molecule has 0 spiro atoms. The predicted molar refractivity (Wildman–Crippen MR) is 76.4 cm³/mol. The van der Waals surface area contributed by atoms with E-state index < -0.39 is 0 Å². The van der Waals surface area contributed by atoms with E-state index in [-0.39, 0.29) is 0 Å². The van der Waals surface area contributed by atoms with Gasteiger partial charge in [-0.1, -0.05) is 34.6 Å². The van der Waals surface area contributed by atoms with E-state index in [1.807, 2.05) is 0 Å². The Labute approximate surface area is 108 Å². The normalized spacial score (nSPS) is 24.9. The summed E-state index contributed by atoms with van der Waals surface area (Å²) in [5, 5.41) is 7.54. The Bertz CT molecular complexity index is 211. The van der Waals surface area contributed by atoms with E-state index in [9.17, 15) is 0 Å². The van der Waals surface area contributed by atoms with Crippen molar-refractivity contribution in [3.63, 3.8) is 0 Å². The predicted octanol–water partition coefficient (Wildman–Crippen LogP) is 3.32. The molecule has 0 bridgehead atoms. The third-order valence-corrected chi connectivity index (χ3v) is 5.04. The minimum absolute atomic E-state index is 0.356. The van der Waals surface area contributed by atoms with Gasteiger partial charge < -0.3 is 10.6 Å². The highest BCUT2D eigenvalue weighted by molar-refractivity contribution is 4.93. The van der Waals surface area contributed by atoms with E-state index >= 15 is 0 Å². The first-order valence-electron chi connectivity index (χ1n) is 7.48. The monoisotopic (exact) mass is 240 g/mol. The van der Waals surface area contributed by atoms with Crippen molar-refractivity contribution < 1.29 is 0 Å². The van der Waals surface area contributed by atoms with Gasteiger partial charge in [-0.15, -0.1) is 0 Å². The fourth-order valence-corrected chi connectivity index (χ4v) is 3.06. The summed E-state index contributed by atoms with van der Waals surface area (Å²) in [5.74, 6) is 0. The van der Waals surface area contributed by atoms with Crippen molar-refractivity contribution in [2.75, 3.05) is 13.1 Å². The van der Waals surface area contributed by atoms with E-state index in [1.165, 1.54) is 38.6 Å². The molecule has 1 aliphatic rings. The molecule has 0 radical (unpaired) electrons. The summed E-state index contributed by atoms with van der Waals surface area (Å²) in [6.07, 6.45) is 6.36. The van der Waals surface area contributed by atoms with Gasteiger partial charge >= 0.3 is 0 Å². The summed E-state index contributed by atoms with van der Waals surface area (Å²) < 4.78 is 0. The fourth-order valence-electron chi connectivity index (χ4n) is 3.06. The highest BCUT2D eigenvalue weighted by Gasteiger charge is 2.33. The van der Waals surface area contributed by atoms with Gasteiger partial charge in [-0.3, -0.25) is 0 Å². The van der Waals surface area contributed by atoms with Crippen LogP contribution in [-0.2, 0) is 0 Å². The molecule has 1 aliphatic heterocycles. The maximum Gasteiger partial charge on any atom is 0.0243 e. The molecule has 0 aromatic carbocycles. The van der Waals surface area contributed by atoms with E-state index in [1.54, 1.807) is 0 Å². The van der Waals surface area contributed by atoms with E-state index in [0.29, 0.717) is 17.0 Å². The van der Waals surface area contributed by atoms with Crippen molar-refractivity contribution in [3.05, 3.63) is 0 Å². The molecule has 2 heteroatoms. The maximum atomic E-state index is 3.85. The van der Waals surface area contributed by atoms with Crippen LogP contribution in [0.4, 0.5) is 0 Å². The molecule has 0 aromatic rings. The van der Waals surface area contributed by atoms with Gasteiger partial charge in [0.2, 0.25) is 0 Å². The largest absolute Gasteiger partial charge is 0.312 e. The quantitative estimate of drug-likeness (QED) is 0.744. The van der Waals surface area contributed by atoms with Gasteiger partial charge in [0.25, 0.3) is 0 Å². The van der Waals surface area contributed by atoms with Crippen LogP contribution in [0.1, 0.15) is 66.7 Å². The minimum Gasteiger partial charge on any atom is -0.312 e. The Kier molecular flexibility index (Phi) is 5.46. The first-order valence-corrected chi connectivity index (χ1v) is 7.48. The van der Waals surface area contributed by atoms with Crippen molar-refractivity contribution >= 4 is 0 Å². The summed E-state index contributed by atoms with van der Waals surface area (Å²) in [6, 6.07) is 0.625. The molecule has 17 heavy (non-hydrogen) atoms. The van der Waals surface area contributed by atoms with Gasteiger partial charge in [-0.25, -0.2) is 0 Å². The molecule has 1 heterocycles. The molecule has 2 nitrogen and oxygen atoms in total. The first kappa shape index (κ1) is 15.0. The van der Waals surface area contributed by atoms with Gasteiger partial charge in [0.05, 0.1) is 0 Å². The van der Waals surface area contributed by atoms with Gasteiger partial charge in [0, 0.05) is 18.1 Å². The highest BCUT2D eigenvalue weighted by atomic mass is 15.0. The number of hydrogen-bond donors (Lipinski definition) is 2. The Morgan fingerprint density at radius 3 is 2.24 bits per heavy atom. The van der Waals surface area contributed by atoms with Crippen LogP contribution in [0.5, 0.6) is 0 Å². The topological polar surface area (TPSA) is 24.1 Å². The second kappa shape index (κ2) is 6.19. The second-order valence-corrected chi connectivity index (χ2v) is 6.32. The number of piperidine rings is 1. The van der Waals surface area contributed by atoms with E-state index in [4.69, 9.17) is 0 Å². The zero-order valence-corrected chi connectivity index (χ0v) is 12.5. The molecule has 1 saturated heterocycles. The molecule has 1 fully saturated rings. The lowest BCUT2D eigenvalue weighted by Crippen LogP contribution is -2.56. The third kappa shape index (κ3) is 3.69. The first-order chi connectivity index (χ1) is 7.99. The fraction of sp³-hybridized carbons (Fsp3) is 1.00. The molecule has 2 N–H and O–H groups in total. The Morgan fingerprint density at radius 2 is 1.76 bits per heavy atom. The SMILES string of the molecule is CCC(CC)(CC)NCC1NCCCC1(C)C. The van der Waals surface area contributed by atoms with Crippen LogP contribution in [0.25, 0.3) is 0 Å². The molecular weight excluding hydrogens is 208 g/mol. The Hall–Kier alpha value is -0.0800. The lowest BCUT2D eigenvalue weighted by atomic mass is 9.77. The number of nitrogens with one attached hydrogen (secondary N) is 2. The van der Waals surface area contributed by atoms with E-state index in [0.717, 1.165) is 6.54 Å². The smallest absolute Gasteiger partial charge is 0.0243 e. The molecule has 102 valence electrons. The van der Waals surface area contributed by atoms with Crippen molar-refractivity contribution in [3.8, 4) is 0 Å². The van der Waals surface area contributed by atoms with Crippen LogP contribution in [0.15, 0.2) is 0 Å². The molecule has 0 aromatic heterocycles. The zero-order valence-electron chi connectivity index (χ0n) is 12.5.